The molecule has 0 aliphatic carbocycles. The average Bonchev–Trinajstić information content (AvgIpc) is 2.41. The predicted octanol–water partition coefficient (Wildman–Crippen LogP) is 2.19. The molecule has 126 valence electrons. The minimum absolute atomic E-state index is 0. The maximum absolute atomic E-state index is 12.5. The molecular formula is C15H26Cl2N4O. The molecule has 2 heterocycles. The number of aromatic nitrogens is 1. The molecule has 7 heteroatoms. The number of hydrogen-bond acceptors (Lipinski definition) is 4. The van der Waals surface area contributed by atoms with Crippen LogP contribution in [-0.4, -0.2) is 49.0 Å². The summed E-state index contributed by atoms with van der Waals surface area (Å²) >= 11 is 0. The summed E-state index contributed by atoms with van der Waals surface area (Å²) in [5, 5.41) is 0. The number of carbonyl (C=O) groups is 1. The molecule has 1 fully saturated rings. The van der Waals surface area contributed by atoms with E-state index in [1.807, 2.05) is 36.0 Å². The molecule has 1 aliphatic rings. The van der Waals surface area contributed by atoms with Crippen LogP contribution in [0.25, 0.3) is 0 Å². The van der Waals surface area contributed by atoms with E-state index in [0.29, 0.717) is 12.1 Å². The van der Waals surface area contributed by atoms with Gasteiger partial charge >= 0.3 is 0 Å². The summed E-state index contributed by atoms with van der Waals surface area (Å²) < 4.78 is 0. The average molecular weight is 349 g/mol. The van der Waals surface area contributed by atoms with Gasteiger partial charge < -0.3 is 15.5 Å². The highest BCUT2D eigenvalue weighted by Gasteiger charge is 2.35. The molecule has 1 aliphatic heterocycles. The number of nitrogens with two attached hydrogens (primary N) is 1. The second-order valence-corrected chi connectivity index (χ2v) is 6.41. The number of rotatable bonds is 2. The van der Waals surface area contributed by atoms with Gasteiger partial charge in [0, 0.05) is 39.4 Å². The monoisotopic (exact) mass is 348 g/mol. The van der Waals surface area contributed by atoms with Crippen molar-refractivity contribution in [2.45, 2.75) is 26.3 Å². The number of amides is 1. The Hall–Kier alpha value is -1.04. The van der Waals surface area contributed by atoms with Crippen LogP contribution in [-0.2, 0) is 0 Å². The summed E-state index contributed by atoms with van der Waals surface area (Å²) in [7, 11) is 3.86. The number of anilines is 1. The Labute approximate surface area is 145 Å². The largest absolute Gasteiger partial charge is 0.363 e. The molecule has 0 spiro atoms. The Morgan fingerprint density at radius 2 is 2.00 bits per heavy atom. The molecule has 1 amide bonds. The maximum atomic E-state index is 12.5. The number of piperidine rings is 1. The Balaban J connectivity index is 0.00000220. The first-order valence-corrected chi connectivity index (χ1v) is 6.99. The Morgan fingerprint density at radius 1 is 1.36 bits per heavy atom. The van der Waals surface area contributed by atoms with Crippen molar-refractivity contribution in [2.24, 2.45) is 11.1 Å². The third-order valence-electron chi connectivity index (χ3n) is 4.05. The van der Waals surface area contributed by atoms with E-state index in [4.69, 9.17) is 5.73 Å². The van der Waals surface area contributed by atoms with Gasteiger partial charge in [-0.15, -0.1) is 24.8 Å². The molecular weight excluding hydrogens is 323 g/mol. The first-order chi connectivity index (χ1) is 9.31. The second-order valence-electron chi connectivity index (χ2n) is 6.41. The molecule has 2 N–H and O–H groups in total. The molecule has 0 radical (unpaired) electrons. The highest BCUT2D eigenvalue weighted by Crippen LogP contribution is 2.28. The van der Waals surface area contributed by atoms with Crippen LogP contribution < -0.4 is 10.6 Å². The van der Waals surface area contributed by atoms with Gasteiger partial charge in [0.1, 0.15) is 5.82 Å². The molecule has 0 saturated carbocycles. The van der Waals surface area contributed by atoms with Crippen molar-refractivity contribution < 1.29 is 4.79 Å². The smallest absolute Gasteiger partial charge is 0.255 e. The molecule has 5 nitrogen and oxygen atoms in total. The highest BCUT2D eigenvalue weighted by molar-refractivity contribution is 5.94. The summed E-state index contributed by atoms with van der Waals surface area (Å²) in [6, 6.07) is 3.86. The molecule has 1 saturated heterocycles. The van der Waals surface area contributed by atoms with E-state index >= 15 is 0 Å². The van der Waals surface area contributed by atoms with Gasteiger partial charge in [-0.25, -0.2) is 4.98 Å². The van der Waals surface area contributed by atoms with Crippen LogP contribution in [0.3, 0.4) is 0 Å². The number of likely N-dealkylation sites (tertiary alicyclic amines) is 1. The number of pyridine rings is 1. The second kappa shape index (κ2) is 7.99. The number of nitrogens with zero attached hydrogens (tertiary/aromatic N) is 3. The fraction of sp³-hybridized carbons (Fsp3) is 0.600. The zero-order chi connectivity index (χ0) is 14.9. The van der Waals surface area contributed by atoms with Gasteiger partial charge in [-0.2, -0.15) is 0 Å². The fourth-order valence-electron chi connectivity index (χ4n) is 2.51. The zero-order valence-corrected chi connectivity index (χ0v) is 15.2. The quantitative estimate of drug-likeness (QED) is 0.889. The van der Waals surface area contributed by atoms with E-state index in [1.54, 1.807) is 6.20 Å². The lowest BCUT2D eigenvalue weighted by Crippen LogP contribution is -2.54. The van der Waals surface area contributed by atoms with Crippen LogP contribution in [0.1, 0.15) is 30.6 Å². The van der Waals surface area contributed by atoms with Gasteiger partial charge in [-0.3, -0.25) is 4.79 Å². The molecule has 1 aromatic rings. The van der Waals surface area contributed by atoms with Crippen LogP contribution >= 0.6 is 24.8 Å². The van der Waals surface area contributed by atoms with E-state index in [0.717, 1.165) is 18.8 Å². The van der Waals surface area contributed by atoms with Crippen molar-refractivity contribution in [1.82, 2.24) is 9.88 Å². The maximum Gasteiger partial charge on any atom is 0.255 e. The van der Waals surface area contributed by atoms with E-state index in [2.05, 4.69) is 18.8 Å². The van der Waals surface area contributed by atoms with Gasteiger partial charge in [0.15, 0.2) is 0 Å². The lowest BCUT2D eigenvalue weighted by molar-refractivity contribution is 0.0532. The Morgan fingerprint density at radius 3 is 2.45 bits per heavy atom. The minimum Gasteiger partial charge on any atom is -0.363 e. The van der Waals surface area contributed by atoms with Gasteiger partial charge in [0.2, 0.25) is 0 Å². The van der Waals surface area contributed by atoms with Gasteiger partial charge in [0.05, 0.1) is 5.56 Å². The topological polar surface area (TPSA) is 62.5 Å². The normalized spacial score (nSPS) is 19.7. The lowest BCUT2D eigenvalue weighted by atomic mass is 9.79. The summed E-state index contributed by atoms with van der Waals surface area (Å²) in [4.78, 5) is 20.6. The van der Waals surface area contributed by atoms with Crippen molar-refractivity contribution in [3.05, 3.63) is 23.9 Å². The lowest BCUT2D eigenvalue weighted by Gasteiger charge is -2.42. The third-order valence-corrected chi connectivity index (χ3v) is 4.05. The van der Waals surface area contributed by atoms with E-state index < -0.39 is 0 Å². The van der Waals surface area contributed by atoms with Crippen LogP contribution in [0.15, 0.2) is 18.3 Å². The molecule has 1 atom stereocenters. The molecule has 0 aromatic carbocycles. The molecule has 0 bridgehead atoms. The first-order valence-electron chi connectivity index (χ1n) is 6.99. The van der Waals surface area contributed by atoms with Crippen LogP contribution in [0.2, 0.25) is 0 Å². The standard InChI is InChI=1S/C15H24N4O.2ClH/c1-15(2)10-19(8-7-12(15)16)14(20)11-5-6-13(17-9-11)18(3)4;;/h5-6,9,12H,7-8,10,16H2,1-4H3;2*1H. The summed E-state index contributed by atoms with van der Waals surface area (Å²) in [5.41, 5.74) is 6.71. The fourth-order valence-corrected chi connectivity index (χ4v) is 2.51. The Bertz CT molecular complexity index is 491. The Kier molecular flexibility index (Phi) is 7.62. The van der Waals surface area contributed by atoms with Crippen molar-refractivity contribution in [1.29, 1.82) is 0 Å². The van der Waals surface area contributed by atoms with E-state index in [-0.39, 0.29) is 42.2 Å². The summed E-state index contributed by atoms with van der Waals surface area (Å²) in [5.74, 6) is 0.894. The van der Waals surface area contributed by atoms with Gasteiger partial charge in [0.25, 0.3) is 5.91 Å². The van der Waals surface area contributed by atoms with Crippen molar-refractivity contribution >= 4 is 36.5 Å². The predicted molar refractivity (Wildman–Crippen MR) is 95.3 cm³/mol. The first kappa shape index (κ1) is 21.0. The van der Waals surface area contributed by atoms with Crippen molar-refractivity contribution in [3.8, 4) is 0 Å². The molecule has 1 aromatic heterocycles. The van der Waals surface area contributed by atoms with Crippen LogP contribution in [0.5, 0.6) is 0 Å². The van der Waals surface area contributed by atoms with Crippen molar-refractivity contribution in [3.63, 3.8) is 0 Å². The number of halogens is 2. The van der Waals surface area contributed by atoms with E-state index in [1.165, 1.54) is 0 Å². The van der Waals surface area contributed by atoms with Gasteiger partial charge in [-0.1, -0.05) is 13.8 Å². The van der Waals surface area contributed by atoms with Crippen LogP contribution in [0, 0.1) is 5.41 Å². The molecule has 22 heavy (non-hydrogen) atoms. The van der Waals surface area contributed by atoms with Gasteiger partial charge in [-0.05, 0) is 24.0 Å². The van der Waals surface area contributed by atoms with E-state index in [9.17, 15) is 4.79 Å². The van der Waals surface area contributed by atoms with Crippen LogP contribution in [0.4, 0.5) is 5.82 Å². The number of carbonyl (C=O) groups excluding carboxylic acids is 1. The molecule has 2 rings (SSSR count). The van der Waals surface area contributed by atoms with Crippen molar-refractivity contribution in [2.75, 3.05) is 32.1 Å². The third kappa shape index (κ3) is 4.48. The minimum atomic E-state index is -0.0368. The molecule has 1 unspecified atom stereocenters. The summed E-state index contributed by atoms with van der Waals surface area (Å²) in [6.45, 7) is 5.65. The highest BCUT2D eigenvalue weighted by atomic mass is 35.5. The zero-order valence-electron chi connectivity index (χ0n) is 13.6. The summed E-state index contributed by atoms with van der Waals surface area (Å²) in [6.07, 6.45) is 2.50. The SMILES string of the molecule is CN(C)c1ccc(C(=O)N2CCC(N)C(C)(C)C2)cn1.Cl.Cl. The number of hydrogen-bond donors (Lipinski definition) is 1.